The number of rotatable bonds is 4. The Labute approximate surface area is 74.3 Å². The van der Waals surface area contributed by atoms with Gasteiger partial charge in [0.05, 0.1) is 6.10 Å². The average molecular weight is 172 g/mol. The summed E-state index contributed by atoms with van der Waals surface area (Å²) in [7, 11) is 0. The second-order valence-corrected chi connectivity index (χ2v) is 3.63. The molecule has 0 heterocycles. The highest BCUT2D eigenvalue weighted by Crippen LogP contribution is 2.16. The predicted molar refractivity (Wildman–Crippen MR) is 49.9 cm³/mol. The fourth-order valence-electron chi connectivity index (χ4n) is 1.69. The number of nitrogens with one attached hydrogen (secondary N) is 1. The van der Waals surface area contributed by atoms with Gasteiger partial charge in [-0.15, -0.1) is 0 Å². The highest BCUT2D eigenvalue weighted by Gasteiger charge is 2.13. The van der Waals surface area contributed by atoms with Crippen LogP contribution in [-0.4, -0.2) is 30.3 Å². The molecule has 0 aliphatic heterocycles. The van der Waals surface area contributed by atoms with Crippen molar-refractivity contribution in [1.82, 2.24) is 5.32 Å². The SMILES string of the molecule is NCC(O)CNC1CCCCC1. The lowest BCUT2D eigenvalue weighted by atomic mass is 9.95. The molecule has 0 aromatic carbocycles. The summed E-state index contributed by atoms with van der Waals surface area (Å²) in [6, 6.07) is 0.625. The quantitative estimate of drug-likeness (QED) is 0.569. The predicted octanol–water partition coefficient (Wildman–Crippen LogP) is 0.228. The molecule has 0 bridgehead atoms. The van der Waals surface area contributed by atoms with Crippen molar-refractivity contribution in [2.75, 3.05) is 13.1 Å². The number of hydrogen-bond acceptors (Lipinski definition) is 3. The van der Waals surface area contributed by atoms with E-state index in [1.807, 2.05) is 0 Å². The van der Waals surface area contributed by atoms with Crippen molar-refractivity contribution < 1.29 is 5.11 Å². The molecule has 0 aromatic heterocycles. The minimum atomic E-state index is -0.369. The molecule has 1 fully saturated rings. The van der Waals surface area contributed by atoms with Gasteiger partial charge in [-0.3, -0.25) is 0 Å². The molecule has 0 saturated heterocycles. The van der Waals surface area contributed by atoms with Crippen LogP contribution in [0.5, 0.6) is 0 Å². The third kappa shape index (κ3) is 3.52. The van der Waals surface area contributed by atoms with Gasteiger partial charge in [0.15, 0.2) is 0 Å². The first-order valence-corrected chi connectivity index (χ1v) is 4.94. The fraction of sp³-hybridized carbons (Fsp3) is 1.00. The number of aliphatic hydroxyl groups excluding tert-OH is 1. The van der Waals surface area contributed by atoms with Crippen molar-refractivity contribution in [1.29, 1.82) is 0 Å². The summed E-state index contributed by atoms with van der Waals surface area (Å²) in [5, 5.41) is 12.5. The molecule has 12 heavy (non-hydrogen) atoms. The van der Waals surface area contributed by atoms with Crippen LogP contribution < -0.4 is 11.1 Å². The van der Waals surface area contributed by atoms with Gasteiger partial charge in [0.1, 0.15) is 0 Å². The summed E-state index contributed by atoms with van der Waals surface area (Å²) in [6.45, 7) is 1.01. The van der Waals surface area contributed by atoms with Crippen LogP contribution in [0.1, 0.15) is 32.1 Å². The van der Waals surface area contributed by atoms with Gasteiger partial charge in [0, 0.05) is 19.1 Å². The second-order valence-electron chi connectivity index (χ2n) is 3.63. The topological polar surface area (TPSA) is 58.3 Å². The van der Waals surface area contributed by atoms with Gasteiger partial charge in [0.25, 0.3) is 0 Å². The van der Waals surface area contributed by atoms with Crippen molar-refractivity contribution in [3.63, 3.8) is 0 Å². The zero-order valence-electron chi connectivity index (χ0n) is 7.63. The highest BCUT2D eigenvalue weighted by molar-refractivity contribution is 4.73. The summed E-state index contributed by atoms with van der Waals surface area (Å²) >= 11 is 0. The molecule has 4 N–H and O–H groups in total. The maximum absolute atomic E-state index is 9.20. The lowest BCUT2D eigenvalue weighted by Gasteiger charge is -2.23. The molecule has 1 aliphatic carbocycles. The molecule has 0 radical (unpaired) electrons. The van der Waals surface area contributed by atoms with Crippen LogP contribution in [0.3, 0.4) is 0 Å². The Bertz CT molecular complexity index is 113. The van der Waals surface area contributed by atoms with Gasteiger partial charge in [-0.25, -0.2) is 0 Å². The van der Waals surface area contributed by atoms with Crippen molar-refractivity contribution in [2.24, 2.45) is 5.73 Å². The molecule has 0 amide bonds. The van der Waals surface area contributed by atoms with Crippen LogP contribution in [0.2, 0.25) is 0 Å². The third-order valence-corrected chi connectivity index (χ3v) is 2.52. The van der Waals surface area contributed by atoms with Crippen LogP contribution in [0, 0.1) is 0 Å². The van der Waals surface area contributed by atoms with Crippen molar-refractivity contribution in [3.05, 3.63) is 0 Å². The van der Waals surface area contributed by atoms with E-state index in [-0.39, 0.29) is 6.10 Å². The van der Waals surface area contributed by atoms with E-state index in [0.29, 0.717) is 19.1 Å². The molecular weight excluding hydrogens is 152 g/mol. The molecule has 3 heteroatoms. The van der Waals surface area contributed by atoms with Crippen LogP contribution in [0.25, 0.3) is 0 Å². The lowest BCUT2D eigenvalue weighted by molar-refractivity contribution is 0.170. The molecule has 3 nitrogen and oxygen atoms in total. The second kappa shape index (κ2) is 5.51. The molecule has 1 unspecified atom stereocenters. The van der Waals surface area contributed by atoms with Crippen molar-refractivity contribution >= 4 is 0 Å². The first-order valence-electron chi connectivity index (χ1n) is 4.94. The van der Waals surface area contributed by atoms with E-state index in [1.165, 1.54) is 32.1 Å². The molecule has 1 aliphatic rings. The summed E-state index contributed by atoms with van der Waals surface area (Å²) in [5.74, 6) is 0. The van der Waals surface area contributed by atoms with Gasteiger partial charge < -0.3 is 16.2 Å². The highest BCUT2D eigenvalue weighted by atomic mass is 16.3. The maximum Gasteiger partial charge on any atom is 0.0786 e. The minimum Gasteiger partial charge on any atom is -0.390 e. The van der Waals surface area contributed by atoms with E-state index in [1.54, 1.807) is 0 Å². The molecule has 0 aromatic rings. The van der Waals surface area contributed by atoms with E-state index in [0.717, 1.165) is 0 Å². The monoisotopic (exact) mass is 172 g/mol. The first-order chi connectivity index (χ1) is 5.83. The summed E-state index contributed by atoms with van der Waals surface area (Å²) in [6.07, 6.45) is 6.19. The summed E-state index contributed by atoms with van der Waals surface area (Å²) in [4.78, 5) is 0. The van der Waals surface area contributed by atoms with Crippen molar-refractivity contribution in [2.45, 2.75) is 44.2 Å². The Morgan fingerprint density at radius 1 is 1.33 bits per heavy atom. The van der Waals surface area contributed by atoms with Crippen LogP contribution >= 0.6 is 0 Å². The lowest BCUT2D eigenvalue weighted by Crippen LogP contribution is -2.39. The Morgan fingerprint density at radius 3 is 2.58 bits per heavy atom. The Kier molecular flexibility index (Phi) is 4.58. The molecule has 1 rings (SSSR count). The smallest absolute Gasteiger partial charge is 0.0786 e. The van der Waals surface area contributed by atoms with Gasteiger partial charge in [-0.05, 0) is 12.8 Å². The number of nitrogens with two attached hydrogens (primary N) is 1. The zero-order chi connectivity index (χ0) is 8.81. The number of hydrogen-bond donors (Lipinski definition) is 3. The van der Waals surface area contributed by atoms with Gasteiger partial charge in [0.2, 0.25) is 0 Å². The Morgan fingerprint density at radius 2 is 2.00 bits per heavy atom. The average Bonchev–Trinajstić information content (AvgIpc) is 2.16. The molecule has 72 valence electrons. The largest absolute Gasteiger partial charge is 0.390 e. The van der Waals surface area contributed by atoms with Gasteiger partial charge in [-0.1, -0.05) is 19.3 Å². The normalized spacial score (nSPS) is 22.5. The van der Waals surface area contributed by atoms with Gasteiger partial charge in [-0.2, -0.15) is 0 Å². The van der Waals surface area contributed by atoms with Gasteiger partial charge >= 0.3 is 0 Å². The molecular formula is C9H20N2O. The fourth-order valence-corrected chi connectivity index (χ4v) is 1.69. The van der Waals surface area contributed by atoms with Crippen LogP contribution in [-0.2, 0) is 0 Å². The minimum absolute atomic E-state index is 0.361. The number of aliphatic hydroxyl groups is 1. The van der Waals surface area contributed by atoms with Crippen LogP contribution in [0.15, 0.2) is 0 Å². The Hall–Kier alpha value is -0.120. The molecule has 1 saturated carbocycles. The summed E-state index contributed by atoms with van der Waals surface area (Å²) < 4.78 is 0. The zero-order valence-corrected chi connectivity index (χ0v) is 7.63. The maximum atomic E-state index is 9.20. The van der Waals surface area contributed by atoms with E-state index in [9.17, 15) is 5.11 Å². The van der Waals surface area contributed by atoms with Crippen molar-refractivity contribution in [3.8, 4) is 0 Å². The summed E-state index contributed by atoms with van der Waals surface area (Å²) in [5.41, 5.74) is 5.30. The third-order valence-electron chi connectivity index (χ3n) is 2.52. The molecule has 0 spiro atoms. The standard InChI is InChI=1S/C9H20N2O/c10-6-9(12)7-11-8-4-2-1-3-5-8/h8-9,11-12H,1-7,10H2. The van der Waals surface area contributed by atoms with E-state index in [2.05, 4.69) is 5.32 Å². The molecule has 1 atom stereocenters. The van der Waals surface area contributed by atoms with E-state index < -0.39 is 0 Å². The first kappa shape index (κ1) is 9.96. The van der Waals surface area contributed by atoms with E-state index >= 15 is 0 Å². The van der Waals surface area contributed by atoms with Crippen LogP contribution in [0.4, 0.5) is 0 Å². The van der Waals surface area contributed by atoms with E-state index in [4.69, 9.17) is 5.73 Å². The Balaban J connectivity index is 2.05.